The van der Waals surface area contributed by atoms with Gasteiger partial charge in [0.1, 0.15) is 5.02 Å². The predicted octanol–water partition coefficient (Wildman–Crippen LogP) is 3.79. The van der Waals surface area contributed by atoms with Gasteiger partial charge in [0.2, 0.25) is 0 Å². The van der Waals surface area contributed by atoms with Gasteiger partial charge in [0.05, 0.1) is 23.8 Å². The van der Waals surface area contributed by atoms with Crippen molar-refractivity contribution < 1.29 is 14.5 Å². The average Bonchev–Trinajstić information content (AvgIpc) is 2.80. The number of hydrogen-bond acceptors (Lipinski definition) is 7. The van der Waals surface area contributed by atoms with Gasteiger partial charge in [0.25, 0.3) is 11.6 Å². The number of carbonyl (C=O) groups excluding carboxylic acids is 1. The number of nitrogens with one attached hydrogen (secondary N) is 1. The van der Waals surface area contributed by atoms with E-state index in [1.54, 1.807) is 18.2 Å². The van der Waals surface area contributed by atoms with Gasteiger partial charge in [0, 0.05) is 36.0 Å². The largest absolute Gasteiger partial charge is 0.378 e. The maximum Gasteiger partial charge on any atom is 0.288 e. The molecule has 2 heterocycles. The molecule has 10 heteroatoms. The summed E-state index contributed by atoms with van der Waals surface area (Å²) in [5.74, 6) is 0.312. The van der Waals surface area contributed by atoms with Crippen LogP contribution in [0.2, 0.25) is 5.02 Å². The molecule has 4 rings (SSSR count). The smallest absolute Gasteiger partial charge is 0.288 e. The summed E-state index contributed by atoms with van der Waals surface area (Å²) in [6.45, 7) is 2.89. The number of morpholine rings is 1. The summed E-state index contributed by atoms with van der Waals surface area (Å²) in [6.07, 6.45) is 0. The zero-order valence-corrected chi connectivity index (χ0v) is 17.1. The first kappa shape index (κ1) is 20.7. The number of nitro benzene ring substituents is 1. The van der Waals surface area contributed by atoms with E-state index >= 15 is 0 Å². The van der Waals surface area contributed by atoms with Gasteiger partial charge >= 0.3 is 0 Å². The van der Waals surface area contributed by atoms with Gasteiger partial charge in [0.15, 0.2) is 5.82 Å². The zero-order valence-electron chi connectivity index (χ0n) is 16.3. The van der Waals surface area contributed by atoms with Gasteiger partial charge < -0.3 is 15.0 Å². The minimum Gasteiger partial charge on any atom is -0.378 e. The topological polar surface area (TPSA) is 110 Å². The summed E-state index contributed by atoms with van der Waals surface area (Å²) in [5, 5.41) is 22.4. The summed E-state index contributed by atoms with van der Waals surface area (Å²) in [7, 11) is 0. The predicted molar refractivity (Wildman–Crippen MR) is 117 cm³/mol. The molecule has 1 aliphatic rings. The molecule has 1 aliphatic heterocycles. The Morgan fingerprint density at radius 2 is 1.90 bits per heavy atom. The summed E-state index contributed by atoms with van der Waals surface area (Å²) >= 11 is 5.81. The molecule has 158 valence electrons. The summed E-state index contributed by atoms with van der Waals surface area (Å²) in [6, 6.07) is 14.8. The molecule has 1 amide bonds. The van der Waals surface area contributed by atoms with Crippen molar-refractivity contribution in [2.24, 2.45) is 0 Å². The van der Waals surface area contributed by atoms with Crippen LogP contribution in [0.4, 0.5) is 17.2 Å². The van der Waals surface area contributed by atoms with E-state index in [9.17, 15) is 14.9 Å². The lowest BCUT2D eigenvalue weighted by Crippen LogP contribution is -2.36. The molecule has 1 N–H and O–H groups in total. The van der Waals surface area contributed by atoms with Gasteiger partial charge in [-0.15, -0.1) is 10.2 Å². The monoisotopic (exact) mass is 439 g/mol. The molecule has 0 bridgehead atoms. The molecule has 1 fully saturated rings. The Morgan fingerprint density at radius 3 is 2.61 bits per heavy atom. The number of nitro groups is 1. The van der Waals surface area contributed by atoms with Crippen LogP contribution >= 0.6 is 11.6 Å². The lowest BCUT2D eigenvalue weighted by Gasteiger charge is -2.27. The van der Waals surface area contributed by atoms with Gasteiger partial charge in [-0.05, 0) is 36.4 Å². The van der Waals surface area contributed by atoms with Crippen LogP contribution in [-0.4, -0.2) is 47.3 Å². The number of anilines is 2. The molecule has 0 spiro atoms. The fourth-order valence-corrected chi connectivity index (χ4v) is 3.38. The minimum absolute atomic E-state index is 0.0253. The molecule has 31 heavy (non-hydrogen) atoms. The first-order valence-corrected chi connectivity index (χ1v) is 9.91. The van der Waals surface area contributed by atoms with Crippen molar-refractivity contribution >= 4 is 34.7 Å². The van der Waals surface area contributed by atoms with Crippen LogP contribution in [0.25, 0.3) is 11.3 Å². The third kappa shape index (κ3) is 4.79. The summed E-state index contributed by atoms with van der Waals surface area (Å²) in [4.78, 5) is 25.1. The number of hydrogen-bond donors (Lipinski definition) is 1. The van der Waals surface area contributed by atoms with E-state index in [4.69, 9.17) is 16.3 Å². The second-order valence-electron chi connectivity index (χ2n) is 6.83. The molecule has 0 aliphatic carbocycles. The second kappa shape index (κ2) is 9.07. The number of ether oxygens (including phenoxy) is 1. The molecule has 1 saturated heterocycles. The Bertz CT molecular complexity index is 1120. The number of carbonyl (C=O) groups is 1. The Balaban J connectivity index is 1.50. The molecule has 1 aromatic heterocycles. The highest BCUT2D eigenvalue weighted by Crippen LogP contribution is 2.26. The molecular formula is C21H18ClN5O4. The molecule has 3 aromatic rings. The average molecular weight is 440 g/mol. The fourth-order valence-electron chi connectivity index (χ4n) is 3.19. The molecule has 0 unspecified atom stereocenters. The number of benzene rings is 2. The number of aromatic nitrogens is 2. The van der Waals surface area contributed by atoms with Gasteiger partial charge in [-0.1, -0.05) is 23.7 Å². The highest BCUT2D eigenvalue weighted by molar-refractivity contribution is 6.32. The van der Waals surface area contributed by atoms with E-state index < -0.39 is 10.8 Å². The van der Waals surface area contributed by atoms with Crippen LogP contribution in [0.5, 0.6) is 0 Å². The van der Waals surface area contributed by atoms with Crippen molar-refractivity contribution in [1.29, 1.82) is 0 Å². The molecule has 0 saturated carbocycles. The number of halogens is 1. The van der Waals surface area contributed by atoms with E-state index in [1.165, 1.54) is 12.1 Å². The highest BCUT2D eigenvalue weighted by Gasteiger charge is 2.17. The van der Waals surface area contributed by atoms with Crippen LogP contribution in [-0.2, 0) is 4.74 Å². The Kier molecular flexibility index (Phi) is 6.06. The zero-order chi connectivity index (χ0) is 21.8. The van der Waals surface area contributed by atoms with Crippen molar-refractivity contribution in [1.82, 2.24) is 10.2 Å². The van der Waals surface area contributed by atoms with E-state index in [2.05, 4.69) is 20.4 Å². The highest BCUT2D eigenvalue weighted by atomic mass is 35.5. The van der Waals surface area contributed by atoms with Crippen molar-refractivity contribution in [3.8, 4) is 11.3 Å². The van der Waals surface area contributed by atoms with Crippen molar-refractivity contribution in [3.05, 3.63) is 75.3 Å². The minimum atomic E-state index is -0.626. The van der Waals surface area contributed by atoms with Crippen molar-refractivity contribution in [3.63, 3.8) is 0 Å². The van der Waals surface area contributed by atoms with Gasteiger partial charge in [-0.2, -0.15) is 0 Å². The van der Waals surface area contributed by atoms with E-state index in [1.807, 2.05) is 18.2 Å². The fraction of sp³-hybridized carbons (Fsp3) is 0.190. The van der Waals surface area contributed by atoms with Crippen LogP contribution in [0, 0.1) is 10.1 Å². The third-order valence-electron chi connectivity index (χ3n) is 4.81. The number of nitrogens with zero attached hydrogens (tertiary/aromatic N) is 4. The van der Waals surface area contributed by atoms with Crippen LogP contribution < -0.4 is 10.2 Å². The molecule has 0 radical (unpaired) electrons. The van der Waals surface area contributed by atoms with Crippen LogP contribution in [0.1, 0.15) is 10.4 Å². The van der Waals surface area contributed by atoms with Gasteiger partial charge in [-0.3, -0.25) is 14.9 Å². The Hall–Kier alpha value is -3.56. The van der Waals surface area contributed by atoms with E-state index in [-0.39, 0.29) is 16.3 Å². The standard InChI is InChI=1S/C21H18ClN5O4/c22-17-5-4-15(13-19(17)27(29)30)21(28)23-16-3-1-2-14(12-16)18-6-7-20(25-24-18)26-8-10-31-11-9-26/h1-7,12-13H,8-11H2,(H,23,28). The molecule has 9 nitrogen and oxygen atoms in total. The van der Waals surface area contributed by atoms with E-state index in [0.717, 1.165) is 30.5 Å². The number of amides is 1. The molecule has 2 aromatic carbocycles. The van der Waals surface area contributed by atoms with Gasteiger partial charge in [-0.25, -0.2) is 0 Å². The van der Waals surface area contributed by atoms with Crippen LogP contribution in [0.15, 0.2) is 54.6 Å². The quantitative estimate of drug-likeness (QED) is 0.475. The Morgan fingerprint density at radius 1 is 1.10 bits per heavy atom. The third-order valence-corrected chi connectivity index (χ3v) is 5.13. The first-order valence-electron chi connectivity index (χ1n) is 9.53. The summed E-state index contributed by atoms with van der Waals surface area (Å²) in [5.41, 5.74) is 1.78. The maximum absolute atomic E-state index is 12.5. The normalized spacial score (nSPS) is 13.6. The first-order chi connectivity index (χ1) is 15.0. The van der Waals surface area contributed by atoms with Crippen LogP contribution in [0.3, 0.4) is 0 Å². The van der Waals surface area contributed by atoms with Crippen molar-refractivity contribution in [2.45, 2.75) is 0 Å². The van der Waals surface area contributed by atoms with E-state index in [0.29, 0.717) is 24.6 Å². The van der Waals surface area contributed by atoms with Crippen molar-refractivity contribution in [2.75, 3.05) is 36.5 Å². The lowest BCUT2D eigenvalue weighted by molar-refractivity contribution is -0.384. The lowest BCUT2D eigenvalue weighted by atomic mass is 10.1. The maximum atomic E-state index is 12.5. The molecular weight excluding hydrogens is 422 g/mol. The Labute approximate surface area is 182 Å². The molecule has 0 atom stereocenters. The summed E-state index contributed by atoms with van der Waals surface area (Å²) < 4.78 is 5.35. The number of rotatable bonds is 5. The second-order valence-corrected chi connectivity index (χ2v) is 7.24. The SMILES string of the molecule is O=C(Nc1cccc(-c2ccc(N3CCOCC3)nn2)c1)c1ccc(Cl)c([N+](=O)[O-])c1.